The van der Waals surface area contributed by atoms with Crippen molar-refractivity contribution in [2.75, 3.05) is 5.32 Å². The minimum Gasteiger partial charge on any atom is -0.356 e. The predicted octanol–water partition coefficient (Wildman–Crippen LogP) is 6.00. The maximum absolute atomic E-state index is 6.21. The Kier molecular flexibility index (Phi) is 4.10. The van der Waals surface area contributed by atoms with E-state index in [-0.39, 0.29) is 5.41 Å². The van der Waals surface area contributed by atoms with E-state index in [1.807, 2.05) is 13.8 Å². The van der Waals surface area contributed by atoms with Crippen molar-refractivity contribution in [3.05, 3.63) is 58.1 Å². The molecule has 0 saturated heterocycles. The van der Waals surface area contributed by atoms with Gasteiger partial charge in [-0.1, -0.05) is 44.5 Å². The molecule has 0 bridgehead atoms. The second kappa shape index (κ2) is 5.49. The maximum atomic E-state index is 6.21. The van der Waals surface area contributed by atoms with Crippen molar-refractivity contribution in [2.24, 2.45) is 0 Å². The summed E-state index contributed by atoms with van der Waals surface area (Å²) in [6.07, 6.45) is 0. The zero-order valence-electron chi connectivity index (χ0n) is 12.8. The van der Waals surface area contributed by atoms with Crippen LogP contribution in [0.1, 0.15) is 37.5 Å². The molecule has 0 aliphatic heterocycles. The second-order valence-electron chi connectivity index (χ2n) is 6.38. The molecule has 0 aliphatic rings. The Morgan fingerprint density at radius 3 is 2.05 bits per heavy atom. The van der Waals surface area contributed by atoms with E-state index in [1.165, 1.54) is 5.56 Å². The van der Waals surface area contributed by atoms with E-state index < -0.39 is 0 Å². The zero-order chi connectivity index (χ0) is 14.9. The van der Waals surface area contributed by atoms with Gasteiger partial charge in [-0.25, -0.2) is 0 Å². The third-order valence-electron chi connectivity index (χ3n) is 3.45. The number of benzene rings is 2. The number of hydrogen-bond acceptors (Lipinski definition) is 1. The molecule has 0 unspecified atom stereocenters. The van der Waals surface area contributed by atoms with E-state index in [0.717, 1.165) is 27.5 Å². The molecule has 0 heterocycles. The van der Waals surface area contributed by atoms with E-state index in [0.29, 0.717) is 0 Å². The fourth-order valence-corrected chi connectivity index (χ4v) is 2.36. The van der Waals surface area contributed by atoms with Gasteiger partial charge in [0.25, 0.3) is 0 Å². The molecule has 0 atom stereocenters. The first-order valence-corrected chi connectivity index (χ1v) is 7.29. The summed E-state index contributed by atoms with van der Waals surface area (Å²) in [5.74, 6) is 0. The summed E-state index contributed by atoms with van der Waals surface area (Å²) >= 11 is 6.21. The van der Waals surface area contributed by atoms with Crippen LogP contribution in [0.25, 0.3) is 0 Å². The Hall–Kier alpha value is -1.47. The van der Waals surface area contributed by atoms with E-state index in [2.05, 4.69) is 62.5 Å². The molecule has 0 saturated carbocycles. The molecule has 0 fully saturated rings. The third kappa shape index (κ3) is 3.34. The molecule has 0 amide bonds. The smallest absolute Gasteiger partial charge is 0.0465 e. The number of rotatable bonds is 2. The van der Waals surface area contributed by atoms with Gasteiger partial charge in [0, 0.05) is 16.4 Å². The average molecular weight is 288 g/mol. The number of nitrogens with one attached hydrogen (secondary N) is 1. The highest BCUT2D eigenvalue weighted by Crippen LogP contribution is 2.29. The van der Waals surface area contributed by atoms with Gasteiger partial charge in [0.2, 0.25) is 0 Å². The van der Waals surface area contributed by atoms with Gasteiger partial charge in [-0.3, -0.25) is 0 Å². The van der Waals surface area contributed by atoms with Crippen LogP contribution < -0.4 is 5.32 Å². The molecule has 106 valence electrons. The first-order valence-electron chi connectivity index (χ1n) is 6.92. The van der Waals surface area contributed by atoms with Crippen molar-refractivity contribution in [3.8, 4) is 0 Å². The predicted molar refractivity (Wildman–Crippen MR) is 89.4 cm³/mol. The molecule has 2 heteroatoms. The Morgan fingerprint density at radius 2 is 1.50 bits per heavy atom. The highest BCUT2D eigenvalue weighted by molar-refractivity contribution is 6.32. The van der Waals surface area contributed by atoms with Gasteiger partial charge < -0.3 is 5.32 Å². The molecular formula is C18H22ClN. The standard InChI is InChI=1S/C18H22ClN/c1-12-9-16(10-13(2)17(12)19)20-15-8-6-7-14(11-15)18(3,4)5/h6-11,20H,1-5H3. The van der Waals surface area contributed by atoms with Crippen molar-refractivity contribution in [1.29, 1.82) is 0 Å². The Morgan fingerprint density at radius 1 is 0.900 bits per heavy atom. The lowest BCUT2D eigenvalue weighted by Gasteiger charge is -2.20. The molecule has 0 radical (unpaired) electrons. The van der Waals surface area contributed by atoms with Crippen molar-refractivity contribution in [1.82, 2.24) is 0 Å². The van der Waals surface area contributed by atoms with E-state index in [1.54, 1.807) is 0 Å². The van der Waals surface area contributed by atoms with Gasteiger partial charge in [0.15, 0.2) is 0 Å². The number of aryl methyl sites for hydroxylation is 2. The van der Waals surface area contributed by atoms with Gasteiger partial charge >= 0.3 is 0 Å². The van der Waals surface area contributed by atoms with E-state index in [9.17, 15) is 0 Å². The lowest BCUT2D eigenvalue weighted by Crippen LogP contribution is -2.11. The molecule has 2 aromatic carbocycles. The topological polar surface area (TPSA) is 12.0 Å². The van der Waals surface area contributed by atoms with Crippen LogP contribution in [0, 0.1) is 13.8 Å². The van der Waals surface area contributed by atoms with Crippen molar-refractivity contribution in [2.45, 2.75) is 40.0 Å². The maximum Gasteiger partial charge on any atom is 0.0465 e. The number of halogens is 1. The molecule has 0 spiro atoms. The average Bonchev–Trinajstić information content (AvgIpc) is 2.35. The highest BCUT2D eigenvalue weighted by atomic mass is 35.5. The molecular weight excluding hydrogens is 266 g/mol. The third-order valence-corrected chi connectivity index (χ3v) is 4.05. The lowest BCUT2D eigenvalue weighted by molar-refractivity contribution is 0.590. The first-order chi connectivity index (χ1) is 9.27. The largest absolute Gasteiger partial charge is 0.356 e. The van der Waals surface area contributed by atoms with Crippen molar-refractivity contribution in [3.63, 3.8) is 0 Å². The van der Waals surface area contributed by atoms with Crippen LogP contribution >= 0.6 is 11.6 Å². The fourth-order valence-electron chi connectivity index (χ4n) is 2.25. The summed E-state index contributed by atoms with van der Waals surface area (Å²) in [4.78, 5) is 0. The highest BCUT2D eigenvalue weighted by Gasteiger charge is 2.13. The minimum absolute atomic E-state index is 0.156. The molecule has 0 aromatic heterocycles. The van der Waals surface area contributed by atoms with Crippen LogP contribution in [-0.2, 0) is 5.41 Å². The quantitative estimate of drug-likeness (QED) is 0.714. The van der Waals surface area contributed by atoms with Crippen LogP contribution in [0.15, 0.2) is 36.4 Å². The molecule has 1 N–H and O–H groups in total. The van der Waals surface area contributed by atoms with Gasteiger partial charge in [0.1, 0.15) is 0 Å². The minimum atomic E-state index is 0.156. The SMILES string of the molecule is Cc1cc(Nc2cccc(C(C)(C)C)c2)cc(C)c1Cl. The van der Waals surface area contributed by atoms with E-state index >= 15 is 0 Å². The number of anilines is 2. The molecule has 20 heavy (non-hydrogen) atoms. The molecule has 2 aromatic rings. The Labute approximate surface area is 127 Å². The van der Waals surface area contributed by atoms with Gasteiger partial charge in [-0.2, -0.15) is 0 Å². The van der Waals surface area contributed by atoms with Crippen LogP contribution in [-0.4, -0.2) is 0 Å². The summed E-state index contributed by atoms with van der Waals surface area (Å²) in [6.45, 7) is 10.7. The molecule has 2 rings (SSSR count). The van der Waals surface area contributed by atoms with Crippen molar-refractivity contribution < 1.29 is 0 Å². The summed E-state index contributed by atoms with van der Waals surface area (Å²) < 4.78 is 0. The zero-order valence-corrected chi connectivity index (χ0v) is 13.6. The summed E-state index contributed by atoms with van der Waals surface area (Å²) in [7, 11) is 0. The summed E-state index contributed by atoms with van der Waals surface area (Å²) in [6, 6.07) is 12.7. The second-order valence-corrected chi connectivity index (χ2v) is 6.76. The van der Waals surface area contributed by atoms with Gasteiger partial charge in [0.05, 0.1) is 0 Å². The van der Waals surface area contributed by atoms with Crippen LogP contribution in [0.5, 0.6) is 0 Å². The van der Waals surface area contributed by atoms with Crippen molar-refractivity contribution >= 4 is 23.0 Å². The number of hydrogen-bond donors (Lipinski definition) is 1. The molecule has 1 nitrogen and oxygen atoms in total. The Balaban J connectivity index is 2.31. The van der Waals surface area contributed by atoms with Crippen LogP contribution in [0.4, 0.5) is 11.4 Å². The first kappa shape index (κ1) is 14.9. The van der Waals surface area contributed by atoms with Crippen LogP contribution in [0.3, 0.4) is 0 Å². The monoisotopic (exact) mass is 287 g/mol. The summed E-state index contributed by atoms with van der Waals surface area (Å²) in [5, 5.41) is 4.31. The summed E-state index contributed by atoms with van der Waals surface area (Å²) in [5.41, 5.74) is 5.87. The van der Waals surface area contributed by atoms with Gasteiger partial charge in [-0.15, -0.1) is 0 Å². The van der Waals surface area contributed by atoms with Crippen LogP contribution in [0.2, 0.25) is 5.02 Å². The fraction of sp³-hybridized carbons (Fsp3) is 0.333. The molecule has 0 aliphatic carbocycles. The Bertz CT molecular complexity index is 601. The van der Waals surface area contributed by atoms with E-state index in [4.69, 9.17) is 11.6 Å². The normalized spacial score (nSPS) is 11.5. The van der Waals surface area contributed by atoms with Gasteiger partial charge in [-0.05, 0) is 60.2 Å². The lowest BCUT2D eigenvalue weighted by atomic mass is 9.87.